The number of hydrogen-bond donors (Lipinski definition) is 1. The number of nitrogens with one attached hydrogen (secondary N) is 1. The molecule has 1 aliphatic heterocycles. The number of carbonyl (C=O) groups excluding carboxylic acids is 2. The Balaban J connectivity index is 1.50. The fraction of sp³-hybridized carbons (Fsp3) is 0.682. The summed E-state index contributed by atoms with van der Waals surface area (Å²) in [6.45, 7) is 6.01. The van der Waals surface area contributed by atoms with E-state index in [1.165, 1.54) is 10.6 Å². The van der Waals surface area contributed by atoms with Crippen molar-refractivity contribution in [2.75, 3.05) is 6.54 Å². The molecule has 1 aromatic rings. The van der Waals surface area contributed by atoms with E-state index in [4.69, 9.17) is 9.47 Å². The molecule has 0 unspecified atom stereocenters. The molecule has 1 aromatic heterocycles. The van der Waals surface area contributed by atoms with Crippen LogP contribution in [-0.2, 0) is 16.6 Å². The van der Waals surface area contributed by atoms with Crippen LogP contribution in [0.3, 0.4) is 0 Å². The van der Waals surface area contributed by atoms with Crippen LogP contribution in [0, 0.1) is 0 Å². The molecule has 2 fully saturated rings. The molecule has 3 rings (SSSR count). The van der Waals surface area contributed by atoms with E-state index >= 15 is 0 Å². The van der Waals surface area contributed by atoms with Gasteiger partial charge in [-0.2, -0.15) is 0 Å². The van der Waals surface area contributed by atoms with E-state index in [1.807, 2.05) is 20.8 Å². The Labute approximate surface area is 191 Å². The predicted molar refractivity (Wildman–Crippen MR) is 120 cm³/mol. The molecule has 1 saturated heterocycles. The quantitative estimate of drug-likeness (QED) is 0.688. The van der Waals surface area contributed by atoms with E-state index in [0.29, 0.717) is 18.7 Å². The van der Waals surface area contributed by atoms with Gasteiger partial charge in [0.15, 0.2) is 0 Å². The molecule has 2 heterocycles. The van der Waals surface area contributed by atoms with Gasteiger partial charge in [0.1, 0.15) is 17.4 Å². The van der Waals surface area contributed by atoms with E-state index in [0.717, 1.165) is 36.6 Å². The minimum absolute atomic E-state index is 0.00120. The van der Waals surface area contributed by atoms with Crippen molar-refractivity contribution in [2.45, 2.75) is 83.1 Å². The normalized spacial score (nSPS) is 24.0. The standard InChI is InChI=1S/C22H32BrN3O5/c1-22(2,3)31-21(29)26-11-5-6-17(26)20(28)24-14-7-9-15(10-8-14)30-18-12-19(27)25(4)13-16(18)23/h12-15,17H,5-11H2,1-4H3,(H,24,28)/t14?,15?,17-/m1/s1. The van der Waals surface area contributed by atoms with Crippen LogP contribution in [0.5, 0.6) is 5.75 Å². The number of rotatable bonds is 4. The smallest absolute Gasteiger partial charge is 0.410 e. The largest absolute Gasteiger partial charge is 0.489 e. The fourth-order valence-corrected chi connectivity index (χ4v) is 4.57. The molecule has 9 heteroatoms. The Morgan fingerprint density at radius 3 is 2.48 bits per heavy atom. The number of carbonyl (C=O) groups is 2. The monoisotopic (exact) mass is 497 g/mol. The minimum atomic E-state index is -0.586. The highest BCUT2D eigenvalue weighted by Crippen LogP contribution is 2.29. The second-order valence-corrected chi connectivity index (χ2v) is 10.2. The second-order valence-electron chi connectivity index (χ2n) is 9.37. The Hall–Kier alpha value is -2.03. The van der Waals surface area contributed by atoms with E-state index in [-0.39, 0.29) is 23.6 Å². The number of hydrogen-bond acceptors (Lipinski definition) is 5. The number of pyridine rings is 1. The third kappa shape index (κ3) is 6.24. The first-order chi connectivity index (χ1) is 14.5. The van der Waals surface area contributed by atoms with Crippen LogP contribution in [0.15, 0.2) is 21.5 Å². The Morgan fingerprint density at radius 2 is 1.84 bits per heavy atom. The molecule has 0 bridgehead atoms. The molecule has 172 valence electrons. The van der Waals surface area contributed by atoms with E-state index < -0.39 is 17.7 Å². The summed E-state index contributed by atoms with van der Waals surface area (Å²) in [5.74, 6) is 0.441. The number of amides is 2. The maximum Gasteiger partial charge on any atom is 0.410 e. The highest BCUT2D eigenvalue weighted by molar-refractivity contribution is 9.10. The molecule has 1 atom stereocenters. The van der Waals surface area contributed by atoms with Crippen molar-refractivity contribution >= 4 is 27.9 Å². The number of ether oxygens (including phenoxy) is 2. The first-order valence-electron chi connectivity index (χ1n) is 10.9. The lowest BCUT2D eigenvalue weighted by Gasteiger charge is -2.32. The summed E-state index contributed by atoms with van der Waals surface area (Å²) < 4.78 is 13.7. The van der Waals surface area contributed by atoms with Crippen molar-refractivity contribution in [3.8, 4) is 5.75 Å². The summed E-state index contributed by atoms with van der Waals surface area (Å²) in [4.78, 5) is 38.7. The number of aromatic nitrogens is 1. The Morgan fingerprint density at radius 1 is 1.16 bits per heavy atom. The van der Waals surface area contributed by atoms with Crippen LogP contribution in [0.2, 0.25) is 0 Å². The van der Waals surface area contributed by atoms with E-state index in [1.54, 1.807) is 18.1 Å². The van der Waals surface area contributed by atoms with Crippen LogP contribution in [-0.4, -0.2) is 51.8 Å². The van der Waals surface area contributed by atoms with Gasteiger partial charge in [-0.05, 0) is 75.2 Å². The summed E-state index contributed by atoms with van der Waals surface area (Å²) in [6.07, 6.45) is 5.87. The van der Waals surface area contributed by atoms with Crippen LogP contribution < -0.4 is 15.6 Å². The molecule has 2 aliphatic rings. The molecule has 0 radical (unpaired) electrons. The highest BCUT2D eigenvalue weighted by Gasteiger charge is 2.37. The minimum Gasteiger partial charge on any atom is -0.489 e. The molecule has 1 aliphatic carbocycles. The fourth-order valence-electron chi connectivity index (χ4n) is 4.05. The highest BCUT2D eigenvalue weighted by atomic mass is 79.9. The van der Waals surface area contributed by atoms with Gasteiger partial charge in [-0.1, -0.05) is 0 Å². The van der Waals surface area contributed by atoms with Gasteiger partial charge in [-0.3, -0.25) is 14.5 Å². The molecular formula is C22H32BrN3O5. The third-order valence-corrected chi connectivity index (χ3v) is 6.24. The average molecular weight is 498 g/mol. The number of aryl methyl sites for hydroxylation is 1. The molecule has 1 saturated carbocycles. The molecule has 31 heavy (non-hydrogen) atoms. The maximum atomic E-state index is 12.8. The van der Waals surface area contributed by atoms with Crippen LogP contribution in [0.4, 0.5) is 4.79 Å². The van der Waals surface area contributed by atoms with Crippen molar-refractivity contribution in [1.82, 2.24) is 14.8 Å². The summed E-state index contributed by atoms with van der Waals surface area (Å²) in [5, 5.41) is 3.11. The lowest BCUT2D eigenvalue weighted by Crippen LogP contribution is -2.50. The summed E-state index contributed by atoms with van der Waals surface area (Å²) in [7, 11) is 1.69. The predicted octanol–water partition coefficient (Wildman–Crippen LogP) is 3.35. The third-order valence-electron chi connectivity index (χ3n) is 5.64. The zero-order chi connectivity index (χ0) is 22.8. The second kappa shape index (κ2) is 9.63. The van der Waals surface area contributed by atoms with Gasteiger partial charge in [0.2, 0.25) is 5.91 Å². The molecular weight excluding hydrogens is 466 g/mol. The Kier molecular flexibility index (Phi) is 7.34. The first kappa shape index (κ1) is 23.6. The van der Waals surface area contributed by atoms with Gasteiger partial charge >= 0.3 is 6.09 Å². The number of likely N-dealkylation sites (tertiary alicyclic amines) is 1. The van der Waals surface area contributed by atoms with Gasteiger partial charge in [0.05, 0.1) is 10.6 Å². The number of nitrogens with zero attached hydrogens (tertiary/aromatic N) is 2. The van der Waals surface area contributed by atoms with Gasteiger partial charge < -0.3 is 19.4 Å². The lowest BCUT2D eigenvalue weighted by atomic mass is 9.92. The summed E-state index contributed by atoms with van der Waals surface area (Å²) in [5.41, 5.74) is -0.706. The molecule has 1 N–H and O–H groups in total. The summed E-state index contributed by atoms with van der Waals surface area (Å²) in [6, 6.07) is 1.07. The maximum absolute atomic E-state index is 12.8. The first-order valence-corrected chi connectivity index (χ1v) is 11.7. The topological polar surface area (TPSA) is 89.9 Å². The van der Waals surface area contributed by atoms with Crippen molar-refractivity contribution < 1.29 is 19.1 Å². The van der Waals surface area contributed by atoms with Gasteiger partial charge in [-0.15, -0.1) is 0 Å². The van der Waals surface area contributed by atoms with Crippen molar-refractivity contribution in [2.24, 2.45) is 7.05 Å². The average Bonchev–Trinajstić information content (AvgIpc) is 3.16. The van der Waals surface area contributed by atoms with Crippen molar-refractivity contribution in [3.05, 3.63) is 27.1 Å². The zero-order valence-corrected chi connectivity index (χ0v) is 20.2. The van der Waals surface area contributed by atoms with Crippen LogP contribution in [0.1, 0.15) is 59.3 Å². The van der Waals surface area contributed by atoms with Crippen LogP contribution >= 0.6 is 15.9 Å². The molecule has 0 spiro atoms. The molecule has 8 nitrogen and oxygen atoms in total. The SMILES string of the molecule is Cn1cc(Br)c(OC2CCC(NC(=O)[C@H]3CCCN3C(=O)OC(C)(C)C)CC2)cc1=O. The lowest BCUT2D eigenvalue weighted by molar-refractivity contribution is -0.126. The van der Waals surface area contributed by atoms with Crippen molar-refractivity contribution in [3.63, 3.8) is 0 Å². The molecule has 2 amide bonds. The van der Waals surface area contributed by atoms with Crippen LogP contribution in [0.25, 0.3) is 0 Å². The zero-order valence-electron chi connectivity index (χ0n) is 18.7. The summed E-state index contributed by atoms with van der Waals surface area (Å²) >= 11 is 3.44. The van der Waals surface area contributed by atoms with Crippen molar-refractivity contribution in [1.29, 1.82) is 0 Å². The van der Waals surface area contributed by atoms with Gasteiger partial charge in [0, 0.05) is 31.9 Å². The van der Waals surface area contributed by atoms with E-state index in [9.17, 15) is 14.4 Å². The van der Waals surface area contributed by atoms with Gasteiger partial charge in [0.25, 0.3) is 5.56 Å². The Bertz CT molecular complexity index is 871. The van der Waals surface area contributed by atoms with Gasteiger partial charge in [-0.25, -0.2) is 4.79 Å². The van der Waals surface area contributed by atoms with E-state index in [2.05, 4.69) is 21.2 Å². The molecule has 0 aromatic carbocycles. The number of halogens is 1.